The Morgan fingerprint density at radius 3 is 2.36 bits per heavy atom. The Morgan fingerprint density at radius 1 is 1.36 bits per heavy atom. The molecule has 1 atom stereocenters. The van der Waals surface area contributed by atoms with E-state index in [-0.39, 0.29) is 6.42 Å². The number of carbonyl (C=O) groups is 1. The molecule has 1 unspecified atom stereocenters. The van der Waals surface area contributed by atoms with Crippen LogP contribution in [0.5, 0.6) is 0 Å². The van der Waals surface area contributed by atoms with Crippen molar-refractivity contribution in [2.24, 2.45) is 0 Å². The van der Waals surface area contributed by atoms with Gasteiger partial charge in [-0.1, -0.05) is 12.1 Å². The van der Waals surface area contributed by atoms with Gasteiger partial charge >= 0.3 is 5.97 Å². The van der Waals surface area contributed by atoms with Crippen LogP contribution in [0.4, 0.5) is 8.78 Å². The lowest BCUT2D eigenvalue weighted by Gasteiger charge is -2.10. The molecule has 1 rings (SSSR count). The van der Waals surface area contributed by atoms with E-state index in [0.29, 0.717) is 5.56 Å². The van der Waals surface area contributed by atoms with Crippen LogP contribution in [0.25, 0.3) is 0 Å². The van der Waals surface area contributed by atoms with Crippen LogP contribution in [0.3, 0.4) is 0 Å². The van der Waals surface area contributed by atoms with Gasteiger partial charge in [0.25, 0.3) is 0 Å². The van der Waals surface area contributed by atoms with Gasteiger partial charge in [-0.15, -0.1) is 0 Å². The van der Waals surface area contributed by atoms with E-state index >= 15 is 0 Å². The molecule has 0 bridgehead atoms. The number of carboxylic acid groups (broad SMARTS) is 1. The summed E-state index contributed by atoms with van der Waals surface area (Å²) in [6.07, 6.45) is -0.276. The van der Waals surface area contributed by atoms with Crippen LogP contribution in [-0.4, -0.2) is 17.8 Å². The Hall–Kier alpha value is -1.45. The van der Waals surface area contributed by atoms with Crippen LogP contribution in [-0.2, 0) is 4.79 Å². The van der Waals surface area contributed by atoms with Gasteiger partial charge in [0.05, 0.1) is 13.1 Å². The molecule has 0 amide bonds. The third-order valence-electron chi connectivity index (χ3n) is 1.95. The second kappa shape index (κ2) is 4.69. The van der Waals surface area contributed by atoms with Crippen molar-refractivity contribution >= 4 is 5.97 Å². The van der Waals surface area contributed by atoms with Crippen molar-refractivity contribution in [2.45, 2.75) is 12.3 Å². The summed E-state index contributed by atoms with van der Waals surface area (Å²) in [7, 11) is 0. The first-order valence-electron chi connectivity index (χ1n) is 4.16. The molecule has 2 nitrogen and oxygen atoms in total. The van der Waals surface area contributed by atoms with Crippen LogP contribution in [0.2, 0.25) is 0 Å². The van der Waals surface area contributed by atoms with Crippen LogP contribution in [0, 0.1) is 5.82 Å². The van der Waals surface area contributed by atoms with E-state index in [2.05, 4.69) is 0 Å². The fourth-order valence-corrected chi connectivity index (χ4v) is 1.21. The molecular formula is C10H10F2O2. The lowest BCUT2D eigenvalue weighted by molar-refractivity contribution is -0.137. The first-order valence-corrected chi connectivity index (χ1v) is 4.16. The van der Waals surface area contributed by atoms with E-state index in [1.807, 2.05) is 0 Å². The van der Waals surface area contributed by atoms with E-state index in [9.17, 15) is 13.6 Å². The maximum atomic E-state index is 12.5. The van der Waals surface area contributed by atoms with Gasteiger partial charge in [-0.25, -0.2) is 4.39 Å². The van der Waals surface area contributed by atoms with Gasteiger partial charge in [0, 0.05) is 5.92 Å². The molecule has 0 saturated carbocycles. The highest BCUT2D eigenvalue weighted by atomic mass is 19.1. The van der Waals surface area contributed by atoms with Gasteiger partial charge in [-0.2, -0.15) is 0 Å². The molecule has 4 heteroatoms. The molecule has 0 heterocycles. The Morgan fingerprint density at radius 2 is 1.93 bits per heavy atom. The zero-order valence-corrected chi connectivity index (χ0v) is 7.41. The van der Waals surface area contributed by atoms with Crippen molar-refractivity contribution in [2.75, 3.05) is 6.67 Å². The highest BCUT2D eigenvalue weighted by molar-refractivity contribution is 5.68. The Balaban J connectivity index is 2.78. The van der Waals surface area contributed by atoms with Gasteiger partial charge in [0.1, 0.15) is 5.82 Å². The van der Waals surface area contributed by atoms with Crippen LogP contribution in [0.15, 0.2) is 24.3 Å². The average molecular weight is 200 g/mol. The summed E-state index contributed by atoms with van der Waals surface area (Å²) in [5.41, 5.74) is 0.510. The third-order valence-corrected chi connectivity index (χ3v) is 1.95. The number of halogens is 2. The van der Waals surface area contributed by atoms with E-state index in [4.69, 9.17) is 5.11 Å². The van der Waals surface area contributed by atoms with Crippen molar-refractivity contribution in [1.29, 1.82) is 0 Å². The minimum absolute atomic E-state index is 0.276. The largest absolute Gasteiger partial charge is 0.481 e. The molecule has 0 fully saturated rings. The summed E-state index contributed by atoms with van der Waals surface area (Å²) in [5.74, 6) is -2.16. The fourth-order valence-electron chi connectivity index (χ4n) is 1.21. The standard InChI is InChI=1S/C10H10F2O2/c11-6-8(5-10(13)14)7-1-3-9(12)4-2-7/h1-4,8H,5-6H2,(H,13,14). The summed E-state index contributed by atoms with van der Waals surface area (Å²) < 4.78 is 25.0. The quantitative estimate of drug-likeness (QED) is 0.810. The number of hydrogen-bond acceptors (Lipinski definition) is 1. The van der Waals surface area contributed by atoms with Gasteiger partial charge in [-0.3, -0.25) is 9.18 Å². The molecule has 1 aromatic rings. The van der Waals surface area contributed by atoms with Gasteiger partial charge in [0.2, 0.25) is 0 Å². The monoisotopic (exact) mass is 200 g/mol. The third kappa shape index (κ3) is 2.80. The zero-order valence-electron chi connectivity index (χ0n) is 7.41. The second-order valence-corrected chi connectivity index (χ2v) is 3.00. The SMILES string of the molecule is O=C(O)CC(CF)c1ccc(F)cc1. The molecule has 0 aromatic heterocycles. The number of aliphatic carboxylic acids is 1. The Kier molecular flexibility index (Phi) is 3.56. The Bertz CT molecular complexity index is 308. The molecule has 14 heavy (non-hydrogen) atoms. The van der Waals surface area contributed by atoms with Crippen molar-refractivity contribution in [3.05, 3.63) is 35.6 Å². The maximum Gasteiger partial charge on any atom is 0.304 e. The van der Waals surface area contributed by atoms with Gasteiger partial charge in [-0.05, 0) is 17.7 Å². The molecule has 0 aliphatic heterocycles. The lowest BCUT2D eigenvalue weighted by Crippen LogP contribution is -2.08. The predicted molar refractivity (Wildman–Crippen MR) is 47.4 cm³/mol. The molecule has 0 aliphatic carbocycles. The van der Waals surface area contributed by atoms with Crippen molar-refractivity contribution in [3.63, 3.8) is 0 Å². The molecular weight excluding hydrogens is 190 g/mol. The number of hydrogen-bond donors (Lipinski definition) is 1. The minimum Gasteiger partial charge on any atom is -0.481 e. The average Bonchev–Trinajstić information content (AvgIpc) is 2.15. The molecule has 76 valence electrons. The fraction of sp³-hybridized carbons (Fsp3) is 0.300. The lowest BCUT2D eigenvalue weighted by atomic mass is 9.97. The van der Waals surface area contributed by atoms with E-state index in [0.717, 1.165) is 0 Å². The zero-order chi connectivity index (χ0) is 10.6. The number of rotatable bonds is 4. The number of benzene rings is 1. The molecule has 1 aromatic carbocycles. The maximum absolute atomic E-state index is 12.5. The second-order valence-electron chi connectivity index (χ2n) is 3.00. The van der Waals surface area contributed by atoms with Crippen LogP contribution in [0.1, 0.15) is 17.9 Å². The summed E-state index contributed by atoms with van der Waals surface area (Å²) in [4.78, 5) is 10.4. The van der Waals surface area contributed by atoms with Gasteiger partial charge < -0.3 is 5.11 Å². The van der Waals surface area contributed by atoms with Crippen molar-refractivity contribution < 1.29 is 18.7 Å². The van der Waals surface area contributed by atoms with E-state index in [1.165, 1.54) is 24.3 Å². The molecule has 1 N–H and O–H groups in total. The highest BCUT2D eigenvalue weighted by Gasteiger charge is 2.15. The van der Waals surface area contributed by atoms with Gasteiger partial charge in [0.15, 0.2) is 0 Å². The molecule has 0 radical (unpaired) electrons. The topological polar surface area (TPSA) is 37.3 Å². The minimum atomic E-state index is -1.06. The van der Waals surface area contributed by atoms with E-state index < -0.39 is 24.4 Å². The highest BCUT2D eigenvalue weighted by Crippen LogP contribution is 2.20. The summed E-state index contributed by atoms with van der Waals surface area (Å²) in [6.45, 7) is -0.752. The molecule has 0 saturated heterocycles. The summed E-state index contributed by atoms with van der Waals surface area (Å²) >= 11 is 0. The summed E-state index contributed by atoms with van der Waals surface area (Å²) in [6, 6.07) is 5.20. The molecule has 0 spiro atoms. The number of alkyl halides is 1. The van der Waals surface area contributed by atoms with Crippen LogP contribution < -0.4 is 0 Å². The van der Waals surface area contributed by atoms with Crippen molar-refractivity contribution in [3.8, 4) is 0 Å². The number of carboxylic acids is 1. The molecule has 0 aliphatic rings. The smallest absolute Gasteiger partial charge is 0.304 e. The predicted octanol–water partition coefficient (Wildman–Crippen LogP) is 2.35. The normalized spacial score (nSPS) is 12.4. The van der Waals surface area contributed by atoms with Crippen LogP contribution >= 0.6 is 0 Å². The first kappa shape index (κ1) is 10.6. The Labute approximate surface area is 80.2 Å². The first-order chi connectivity index (χ1) is 6.63. The van der Waals surface area contributed by atoms with E-state index in [1.54, 1.807) is 0 Å². The van der Waals surface area contributed by atoms with Crippen molar-refractivity contribution in [1.82, 2.24) is 0 Å². The summed E-state index contributed by atoms with van der Waals surface area (Å²) in [5, 5.41) is 8.49.